The van der Waals surface area contributed by atoms with Crippen LogP contribution in [-0.2, 0) is 23.1 Å². The van der Waals surface area contributed by atoms with Gasteiger partial charge in [-0.05, 0) is 12.1 Å². The van der Waals surface area contributed by atoms with E-state index >= 15 is 0 Å². The number of sulfone groups is 1. The lowest BCUT2D eigenvalue weighted by Gasteiger charge is -2.26. The predicted molar refractivity (Wildman–Crippen MR) is 91.7 cm³/mol. The lowest BCUT2D eigenvalue weighted by molar-refractivity contribution is -0.137. The first kappa shape index (κ1) is 18.4. The Bertz CT molecular complexity index is 1040. The Kier molecular flexibility index (Phi) is 4.33. The van der Waals surface area contributed by atoms with E-state index in [1.54, 1.807) is 25.1 Å². The Balaban J connectivity index is 2.29. The molecular weight excluding hydrogens is 369 g/mol. The number of alkyl halides is 3. The largest absolute Gasteiger partial charge is 0.417 e. The van der Waals surface area contributed by atoms with Gasteiger partial charge in [0, 0.05) is 26.8 Å². The lowest BCUT2D eigenvalue weighted by atomic mass is 10.2. The predicted octanol–water partition coefficient (Wildman–Crippen LogP) is 2.59. The van der Waals surface area contributed by atoms with Crippen molar-refractivity contribution in [3.8, 4) is 0 Å². The third-order valence-corrected chi connectivity index (χ3v) is 5.99. The highest BCUT2D eigenvalue weighted by atomic mass is 32.2. The minimum atomic E-state index is -4.53. The first-order chi connectivity index (χ1) is 12.1. The minimum absolute atomic E-state index is 0.0565. The first-order valence-corrected chi connectivity index (χ1v) is 9.46. The second-order valence-electron chi connectivity index (χ2n) is 5.96. The van der Waals surface area contributed by atoms with Gasteiger partial charge in [0.15, 0.2) is 21.3 Å². The maximum absolute atomic E-state index is 12.9. The summed E-state index contributed by atoms with van der Waals surface area (Å²) in [6.45, 7) is 2.00. The fourth-order valence-electron chi connectivity index (χ4n) is 2.81. The van der Waals surface area contributed by atoms with Gasteiger partial charge in [0.1, 0.15) is 5.52 Å². The van der Waals surface area contributed by atoms with Gasteiger partial charge in [0.2, 0.25) is 0 Å². The molecule has 0 bridgehead atoms. The van der Waals surface area contributed by atoms with Gasteiger partial charge in [0.25, 0.3) is 0 Å². The average molecular weight is 386 g/mol. The van der Waals surface area contributed by atoms with Crippen LogP contribution in [0.1, 0.15) is 18.3 Å². The quantitative estimate of drug-likeness (QED) is 0.811. The molecule has 0 amide bonds. The number of allylic oxidation sites excluding steroid dienone is 1. The van der Waals surface area contributed by atoms with Crippen molar-refractivity contribution in [1.82, 2.24) is 19.4 Å². The van der Waals surface area contributed by atoms with E-state index in [2.05, 4.69) is 9.97 Å². The van der Waals surface area contributed by atoms with E-state index in [4.69, 9.17) is 0 Å². The molecule has 6 nitrogen and oxygen atoms in total. The molecule has 0 atom stereocenters. The molecule has 26 heavy (non-hydrogen) atoms. The number of halogens is 3. The normalized spacial score (nSPS) is 16.0. The van der Waals surface area contributed by atoms with Crippen LogP contribution in [0.5, 0.6) is 0 Å². The Morgan fingerprint density at radius 2 is 1.96 bits per heavy atom. The van der Waals surface area contributed by atoms with Gasteiger partial charge in [-0.1, -0.05) is 13.0 Å². The van der Waals surface area contributed by atoms with Crippen LogP contribution in [0.25, 0.3) is 16.9 Å². The second-order valence-corrected chi connectivity index (χ2v) is 8.20. The summed E-state index contributed by atoms with van der Waals surface area (Å²) < 4.78 is 65.2. The lowest BCUT2D eigenvalue weighted by Crippen LogP contribution is -2.26. The fourth-order valence-corrected chi connectivity index (χ4v) is 3.96. The topological polar surface area (TPSA) is 68.1 Å². The molecule has 0 spiro atoms. The van der Waals surface area contributed by atoms with Gasteiger partial charge >= 0.3 is 6.18 Å². The molecule has 10 heteroatoms. The number of fused-ring (bicyclic) bond motifs is 1. The number of aromatic nitrogens is 3. The summed E-state index contributed by atoms with van der Waals surface area (Å²) in [6, 6.07) is 0.916. The zero-order valence-corrected chi connectivity index (χ0v) is 15.2. The number of rotatable bonds is 3. The van der Waals surface area contributed by atoms with Crippen molar-refractivity contribution in [3.63, 3.8) is 0 Å². The van der Waals surface area contributed by atoms with E-state index in [1.165, 1.54) is 17.6 Å². The Morgan fingerprint density at radius 1 is 1.27 bits per heavy atom. The number of nitrogens with zero attached hydrogens (tertiary/aromatic N) is 4. The molecule has 1 aliphatic rings. The third kappa shape index (κ3) is 2.98. The molecule has 3 rings (SSSR count). The molecule has 0 fully saturated rings. The van der Waals surface area contributed by atoms with Crippen LogP contribution in [-0.4, -0.2) is 47.2 Å². The molecule has 1 aliphatic heterocycles. The molecule has 3 heterocycles. The van der Waals surface area contributed by atoms with Gasteiger partial charge in [-0.25, -0.2) is 18.4 Å². The molecule has 2 aromatic rings. The van der Waals surface area contributed by atoms with Crippen LogP contribution in [0.4, 0.5) is 13.2 Å². The number of imidazole rings is 1. The van der Waals surface area contributed by atoms with Gasteiger partial charge in [-0.15, -0.1) is 0 Å². The van der Waals surface area contributed by atoms with Crippen molar-refractivity contribution in [2.24, 2.45) is 7.05 Å². The van der Waals surface area contributed by atoms with Crippen molar-refractivity contribution < 1.29 is 21.6 Å². The second kappa shape index (κ2) is 6.11. The summed E-state index contributed by atoms with van der Waals surface area (Å²) in [5.74, 6) is 0.162. The minimum Gasteiger partial charge on any atom is -0.367 e. The van der Waals surface area contributed by atoms with E-state index in [1.807, 2.05) is 0 Å². The summed E-state index contributed by atoms with van der Waals surface area (Å²) >= 11 is 0. The number of hydrogen-bond donors (Lipinski definition) is 0. The van der Waals surface area contributed by atoms with E-state index in [-0.39, 0.29) is 27.6 Å². The highest BCUT2D eigenvalue weighted by molar-refractivity contribution is 7.95. The van der Waals surface area contributed by atoms with Gasteiger partial charge in [-0.3, -0.25) is 0 Å². The Labute approximate surface area is 148 Å². The Morgan fingerprint density at radius 3 is 2.58 bits per heavy atom. The van der Waals surface area contributed by atoms with Crippen LogP contribution >= 0.6 is 0 Å². The fraction of sp³-hybridized carbons (Fsp3) is 0.375. The van der Waals surface area contributed by atoms with Crippen LogP contribution in [0.15, 0.2) is 29.3 Å². The molecule has 0 N–H and O–H groups in total. The highest BCUT2D eigenvalue weighted by Gasteiger charge is 2.32. The number of pyridine rings is 1. The van der Waals surface area contributed by atoms with Gasteiger partial charge in [0.05, 0.1) is 21.9 Å². The number of aryl methyl sites for hydroxylation is 1. The van der Waals surface area contributed by atoms with Crippen LogP contribution in [0, 0.1) is 0 Å². The molecule has 0 radical (unpaired) electrons. The van der Waals surface area contributed by atoms with Crippen LogP contribution < -0.4 is 0 Å². The zero-order chi connectivity index (χ0) is 19.3. The van der Waals surface area contributed by atoms with Crippen molar-refractivity contribution in [1.29, 1.82) is 0 Å². The van der Waals surface area contributed by atoms with E-state index in [0.29, 0.717) is 12.2 Å². The zero-order valence-electron chi connectivity index (χ0n) is 14.4. The van der Waals surface area contributed by atoms with Crippen molar-refractivity contribution in [2.45, 2.75) is 13.1 Å². The SMILES string of the molecule is CCS(=O)(=O)C1=C(c2nc3cc(C(F)(F)F)cnc3n2C)N(C)CC=C1. The smallest absolute Gasteiger partial charge is 0.367 e. The first-order valence-electron chi connectivity index (χ1n) is 7.81. The highest BCUT2D eigenvalue weighted by Crippen LogP contribution is 2.33. The van der Waals surface area contributed by atoms with Crippen LogP contribution in [0.3, 0.4) is 0 Å². The summed E-state index contributed by atoms with van der Waals surface area (Å²) in [5.41, 5.74) is -0.247. The third-order valence-electron chi connectivity index (χ3n) is 4.23. The van der Waals surface area contributed by atoms with Crippen LogP contribution in [0.2, 0.25) is 0 Å². The summed E-state index contributed by atoms with van der Waals surface area (Å²) in [5, 5.41) is 0. The molecular formula is C16H17F3N4O2S. The Hall–Kier alpha value is -2.36. The molecule has 0 unspecified atom stereocenters. The van der Waals surface area contributed by atoms with Gasteiger partial charge in [-0.2, -0.15) is 13.2 Å². The monoisotopic (exact) mass is 386 g/mol. The average Bonchev–Trinajstić information content (AvgIpc) is 2.90. The van der Waals surface area contributed by atoms with E-state index in [0.717, 1.165) is 12.3 Å². The summed E-state index contributed by atoms with van der Waals surface area (Å²) in [7, 11) is -0.236. The van der Waals surface area contributed by atoms with E-state index in [9.17, 15) is 21.6 Å². The maximum Gasteiger partial charge on any atom is 0.417 e. The van der Waals surface area contributed by atoms with Crippen molar-refractivity contribution in [3.05, 3.63) is 40.7 Å². The molecule has 0 saturated heterocycles. The standard InChI is InChI=1S/C16H17F3N4O2S/c1-4-26(24,25)12-6-5-7-22(2)13(12)15-21-11-8-10(16(17,18)19)9-20-14(11)23(15)3/h5-6,8-9H,4,7H2,1-3H3. The molecule has 2 aromatic heterocycles. The molecule has 0 aliphatic carbocycles. The molecule has 0 aromatic carbocycles. The molecule has 0 saturated carbocycles. The van der Waals surface area contributed by atoms with Crippen molar-refractivity contribution in [2.75, 3.05) is 19.3 Å². The number of likely N-dealkylation sites (N-methyl/N-ethyl adjacent to an activating group) is 1. The van der Waals surface area contributed by atoms with Gasteiger partial charge < -0.3 is 9.47 Å². The van der Waals surface area contributed by atoms with E-state index < -0.39 is 21.6 Å². The molecule has 140 valence electrons. The maximum atomic E-state index is 12.9. The summed E-state index contributed by atoms with van der Waals surface area (Å²) in [4.78, 5) is 9.93. The van der Waals surface area contributed by atoms with Crippen molar-refractivity contribution >= 4 is 26.7 Å². The summed E-state index contributed by atoms with van der Waals surface area (Å²) in [6.07, 6.45) is -0.549. The number of hydrogen-bond acceptors (Lipinski definition) is 5.